The van der Waals surface area contributed by atoms with Gasteiger partial charge in [0, 0.05) is 0 Å². The monoisotopic (exact) mass is 434 g/mol. The third kappa shape index (κ3) is 3.83. The van der Waals surface area contributed by atoms with Crippen molar-refractivity contribution in [2.75, 3.05) is 28.4 Å². The van der Waals surface area contributed by atoms with Crippen molar-refractivity contribution >= 4 is 11.4 Å². The summed E-state index contributed by atoms with van der Waals surface area (Å²) in [7, 11) is 5.88. The molecule has 0 amide bonds. The highest BCUT2D eigenvalue weighted by molar-refractivity contribution is 6.09. The van der Waals surface area contributed by atoms with Crippen molar-refractivity contribution in [3.63, 3.8) is 0 Å². The molecule has 0 bridgehead atoms. The number of nitriles is 2. The lowest BCUT2D eigenvalue weighted by Crippen LogP contribution is -2.56. The van der Waals surface area contributed by atoms with Crippen molar-refractivity contribution in [2.45, 2.75) is 24.7 Å². The van der Waals surface area contributed by atoms with Crippen molar-refractivity contribution in [3.8, 4) is 23.6 Å². The van der Waals surface area contributed by atoms with Crippen molar-refractivity contribution in [3.05, 3.63) is 59.7 Å². The first-order valence-corrected chi connectivity index (χ1v) is 9.69. The third-order valence-electron chi connectivity index (χ3n) is 5.49. The second-order valence-corrected chi connectivity index (χ2v) is 6.90. The van der Waals surface area contributed by atoms with Gasteiger partial charge in [-0.15, -0.1) is 0 Å². The molecule has 32 heavy (non-hydrogen) atoms. The van der Waals surface area contributed by atoms with Crippen LogP contribution in [-0.4, -0.2) is 39.9 Å². The van der Waals surface area contributed by atoms with Gasteiger partial charge in [0.15, 0.2) is 10.8 Å². The number of hydrogen-bond donors (Lipinski definition) is 0. The molecule has 2 rings (SSSR count). The SMILES string of the molecule is CO/N=C(\C)[C@](C#N)(c1ccc(OC)cc1)[C@](C#N)(/C(C)=N/OC)c1ccc(OC)cc1. The zero-order valence-corrected chi connectivity index (χ0v) is 19.0. The molecule has 8 heteroatoms. The van der Waals surface area contributed by atoms with Gasteiger partial charge in [-0.2, -0.15) is 10.5 Å². The number of rotatable bonds is 9. The van der Waals surface area contributed by atoms with E-state index in [1.165, 1.54) is 14.2 Å². The molecule has 0 aliphatic heterocycles. The molecule has 8 nitrogen and oxygen atoms in total. The highest BCUT2D eigenvalue weighted by Gasteiger charge is 2.60. The van der Waals surface area contributed by atoms with Crippen LogP contribution in [0, 0.1) is 22.7 Å². The predicted octanol–water partition coefficient (Wildman–Crippen LogP) is 3.97. The molecular weight excluding hydrogens is 408 g/mol. The Morgan fingerprint density at radius 3 is 1.19 bits per heavy atom. The van der Waals surface area contributed by atoms with Crippen LogP contribution in [0.25, 0.3) is 0 Å². The highest BCUT2D eigenvalue weighted by Crippen LogP contribution is 2.47. The molecule has 0 aliphatic rings. The van der Waals surface area contributed by atoms with E-state index < -0.39 is 10.8 Å². The lowest BCUT2D eigenvalue weighted by Gasteiger charge is -2.41. The van der Waals surface area contributed by atoms with E-state index in [0.717, 1.165) is 0 Å². The maximum atomic E-state index is 10.7. The number of benzene rings is 2. The summed E-state index contributed by atoms with van der Waals surface area (Å²) < 4.78 is 10.5. The smallest absolute Gasteiger partial charge is 0.151 e. The van der Waals surface area contributed by atoms with E-state index in [-0.39, 0.29) is 11.4 Å². The van der Waals surface area contributed by atoms with E-state index in [1.807, 2.05) is 0 Å². The van der Waals surface area contributed by atoms with Crippen LogP contribution >= 0.6 is 0 Å². The van der Waals surface area contributed by atoms with Gasteiger partial charge in [0.2, 0.25) is 0 Å². The lowest BCUT2D eigenvalue weighted by molar-refractivity contribution is 0.206. The largest absolute Gasteiger partial charge is 0.497 e. The number of ether oxygens (including phenoxy) is 2. The van der Waals surface area contributed by atoms with E-state index >= 15 is 0 Å². The van der Waals surface area contributed by atoms with Crippen LogP contribution in [0.15, 0.2) is 58.8 Å². The average Bonchev–Trinajstić information content (AvgIpc) is 2.83. The Kier molecular flexibility index (Phi) is 7.81. The van der Waals surface area contributed by atoms with Crippen LogP contribution in [0.4, 0.5) is 0 Å². The maximum absolute atomic E-state index is 10.7. The van der Waals surface area contributed by atoms with E-state index in [4.69, 9.17) is 19.1 Å². The average molecular weight is 434 g/mol. The van der Waals surface area contributed by atoms with Gasteiger partial charge >= 0.3 is 0 Å². The number of methoxy groups -OCH3 is 2. The second kappa shape index (κ2) is 10.3. The van der Waals surface area contributed by atoms with Crippen molar-refractivity contribution < 1.29 is 19.1 Å². The topological polar surface area (TPSA) is 109 Å². The van der Waals surface area contributed by atoms with Gasteiger partial charge in [-0.25, -0.2) is 0 Å². The molecule has 0 aliphatic carbocycles. The van der Waals surface area contributed by atoms with Gasteiger partial charge in [-0.05, 0) is 49.2 Å². The summed E-state index contributed by atoms with van der Waals surface area (Å²) in [6.07, 6.45) is 0. The Balaban J connectivity index is 3.06. The predicted molar refractivity (Wildman–Crippen MR) is 121 cm³/mol. The van der Waals surface area contributed by atoms with E-state index in [0.29, 0.717) is 22.6 Å². The Labute approximate surface area is 188 Å². The van der Waals surface area contributed by atoms with Crippen LogP contribution in [-0.2, 0) is 20.5 Å². The minimum atomic E-state index is -1.62. The van der Waals surface area contributed by atoms with Gasteiger partial charge < -0.3 is 19.1 Å². The van der Waals surface area contributed by atoms with Crippen LogP contribution in [0.3, 0.4) is 0 Å². The summed E-state index contributed by atoms with van der Waals surface area (Å²) in [6, 6.07) is 18.5. The van der Waals surface area contributed by atoms with Gasteiger partial charge in [-0.1, -0.05) is 34.6 Å². The second-order valence-electron chi connectivity index (χ2n) is 6.90. The van der Waals surface area contributed by atoms with E-state index in [9.17, 15) is 10.5 Å². The molecule has 0 aromatic heterocycles. The Bertz CT molecular complexity index is 978. The number of oxime groups is 2. The first kappa shape index (κ1) is 24.2. The normalized spacial score (nSPS) is 15.4. The molecule has 0 fully saturated rings. The van der Waals surface area contributed by atoms with Gasteiger partial charge in [0.05, 0.1) is 37.8 Å². The van der Waals surface area contributed by atoms with Crippen LogP contribution < -0.4 is 9.47 Å². The molecular formula is C24H26N4O4. The number of nitrogens with zero attached hydrogens (tertiary/aromatic N) is 4. The van der Waals surface area contributed by atoms with Gasteiger partial charge in [0.25, 0.3) is 0 Å². The summed E-state index contributed by atoms with van der Waals surface area (Å²) in [6.45, 7) is 3.29. The van der Waals surface area contributed by atoms with Crippen LogP contribution in [0.2, 0.25) is 0 Å². The van der Waals surface area contributed by atoms with Crippen molar-refractivity contribution in [1.82, 2.24) is 0 Å². The summed E-state index contributed by atoms with van der Waals surface area (Å²) in [4.78, 5) is 10.1. The molecule has 0 N–H and O–H groups in total. The number of hydrogen-bond acceptors (Lipinski definition) is 8. The van der Waals surface area contributed by atoms with Crippen LogP contribution in [0.1, 0.15) is 25.0 Å². The summed E-state index contributed by atoms with van der Waals surface area (Å²) in [5.41, 5.74) is -1.66. The first-order valence-electron chi connectivity index (χ1n) is 9.69. The standard InChI is InChI=1S/C24H26N4O4/c1-17(27-31-5)23(15-25,19-7-11-21(29-3)12-8-19)24(16-26,18(2)28-32-6)20-9-13-22(30-4)14-10-20/h7-14H,1-6H3/b27-17+,28-18+/t23-,24-/m1/s1. The lowest BCUT2D eigenvalue weighted by atomic mass is 9.54. The molecule has 0 heterocycles. The fourth-order valence-electron chi connectivity index (χ4n) is 3.94. The maximum Gasteiger partial charge on any atom is 0.151 e. The summed E-state index contributed by atoms with van der Waals surface area (Å²) >= 11 is 0. The highest BCUT2D eigenvalue weighted by atomic mass is 16.6. The Morgan fingerprint density at radius 2 is 0.969 bits per heavy atom. The fraction of sp³-hybridized carbons (Fsp3) is 0.333. The Morgan fingerprint density at radius 1 is 0.656 bits per heavy atom. The Hall–Kier alpha value is -4.04. The molecule has 0 unspecified atom stereocenters. The van der Waals surface area contributed by atoms with E-state index in [2.05, 4.69) is 22.4 Å². The van der Waals surface area contributed by atoms with Crippen LogP contribution in [0.5, 0.6) is 11.5 Å². The minimum Gasteiger partial charge on any atom is -0.497 e. The van der Waals surface area contributed by atoms with Crippen molar-refractivity contribution in [1.29, 1.82) is 10.5 Å². The molecule has 0 spiro atoms. The molecule has 2 aromatic carbocycles. The quantitative estimate of drug-likeness (QED) is 0.436. The molecule has 0 radical (unpaired) electrons. The van der Waals surface area contributed by atoms with Crippen molar-refractivity contribution in [2.24, 2.45) is 10.3 Å². The molecule has 0 saturated carbocycles. The zero-order chi connectivity index (χ0) is 23.8. The summed E-state index contributed by atoms with van der Waals surface area (Å²) in [5, 5.41) is 29.6. The third-order valence-corrected chi connectivity index (χ3v) is 5.49. The van der Waals surface area contributed by atoms with Gasteiger partial charge in [-0.3, -0.25) is 0 Å². The summed E-state index contributed by atoms with van der Waals surface area (Å²) in [5.74, 6) is 1.22. The first-order chi connectivity index (χ1) is 15.4. The zero-order valence-electron chi connectivity index (χ0n) is 19.0. The molecule has 166 valence electrons. The minimum absolute atomic E-state index is 0.274. The van der Waals surface area contributed by atoms with E-state index in [1.54, 1.807) is 76.6 Å². The molecule has 2 atom stereocenters. The fourth-order valence-corrected chi connectivity index (χ4v) is 3.94. The molecule has 2 aromatic rings. The van der Waals surface area contributed by atoms with Gasteiger partial charge in [0.1, 0.15) is 25.7 Å². The molecule has 0 saturated heterocycles.